The summed E-state index contributed by atoms with van der Waals surface area (Å²) in [6.45, 7) is 4.39. The Hall–Kier alpha value is -3.36. The number of benzene rings is 3. The van der Waals surface area contributed by atoms with Crippen LogP contribution in [0.15, 0.2) is 65.6 Å². The van der Waals surface area contributed by atoms with E-state index in [9.17, 15) is 14.1 Å². The molecule has 0 saturated heterocycles. The van der Waals surface area contributed by atoms with Gasteiger partial charge in [-0.05, 0) is 59.7 Å². The fraction of sp³-hybridized carbons (Fsp3) is 0.345. The predicted octanol–water partition coefficient (Wildman–Crippen LogP) is 4.71. The van der Waals surface area contributed by atoms with Gasteiger partial charge in [-0.1, -0.05) is 50.2 Å². The van der Waals surface area contributed by atoms with Crippen LogP contribution in [0.1, 0.15) is 48.4 Å². The van der Waals surface area contributed by atoms with Gasteiger partial charge in [0.25, 0.3) is 0 Å². The average Bonchev–Trinajstić information content (AvgIpc) is 2.93. The first-order valence-electron chi connectivity index (χ1n) is 12.3. The molecule has 7 nitrogen and oxygen atoms in total. The smallest absolute Gasteiger partial charge is 0.240 e. The van der Waals surface area contributed by atoms with Gasteiger partial charge >= 0.3 is 0 Å². The predicted molar refractivity (Wildman–Crippen MR) is 145 cm³/mol. The van der Waals surface area contributed by atoms with Gasteiger partial charge in [-0.2, -0.15) is 0 Å². The number of hydrogen-bond acceptors (Lipinski definition) is 6. The van der Waals surface area contributed by atoms with E-state index >= 15 is 0 Å². The zero-order valence-corrected chi connectivity index (χ0v) is 22.6. The lowest BCUT2D eigenvalue weighted by molar-refractivity contribution is -0.120. The quantitative estimate of drug-likeness (QED) is 0.336. The molecule has 2 N–H and O–H groups in total. The van der Waals surface area contributed by atoms with Crippen molar-refractivity contribution in [1.29, 1.82) is 0 Å². The highest BCUT2D eigenvalue weighted by Crippen LogP contribution is 2.35. The van der Waals surface area contributed by atoms with E-state index in [0.717, 1.165) is 17.7 Å². The first-order chi connectivity index (χ1) is 17.9. The van der Waals surface area contributed by atoms with E-state index in [0.29, 0.717) is 40.7 Å². The molecule has 0 bridgehead atoms. The maximum Gasteiger partial charge on any atom is 0.240 e. The zero-order valence-electron chi connectivity index (χ0n) is 21.8. The van der Waals surface area contributed by atoms with Gasteiger partial charge in [0.1, 0.15) is 5.75 Å². The molecule has 0 aromatic heterocycles. The van der Waals surface area contributed by atoms with E-state index in [2.05, 4.69) is 25.2 Å². The van der Waals surface area contributed by atoms with Gasteiger partial charge in [0.05, 0.1) is 32.1 Å². The van der Waals surface area contributed by atoms with Gasteiger partial charge in [-0.15, -0.1) is 0 Å². The highest BCUT2D eigenvalue weighted by Gasteiger charge is 2.20. The van der Waals surface area contributed by atoms with E-state index in [4.69, 9.17) is 13.7 Å². The second-order valence-electron chi connectivity index (χ2n) is 8.69. The number of hydrogen-bond donors (Lipinski definition) is 2. The van der Waals surface area contributed by atoms with Crippen molar-refractivity contribution >= 4 is 17.0 Å². The van der Waals surface area contributed by atoms with E-state index in [-0.39, 0.29) is 18.1 Å². The van der Waals surface area contributed by atoms with Gasteiger partial charge in [-0.25, -0.2) is 4.21 Å². The van der Waals surface area contributed by atoms with Crippen LogP contribution in [0, 0.1) is 0 Å². The molecule has 3 aromatic rings. The van der Waals surface area contributed by atoms with E-state index in [1.807, 2.05) is 18.2 Å². The van der Waals surface area contributed by atoms with E-state index < -0.39 is 17.7 Å². The summed E-state index contributed by atoms with van der Waals surface area (Å²) >= 11 is -1.81. The number of nitrogens with one attached hydrogen (secondary N) is 1. The highest BCUT2D eigenvalue weighted by molar-refractivity contribution is 7.80. The van der Waals surface area contributed by atoms with Crippen LogP contribution in [0.2, 0.25) is 0 Å². The van der Waals surface area contributed by atoms with Gasteiger partial charge in [-0.3, -0.25) is 4.79 Å². The molecule has 0 aliphatic carbocycles. The third-order valence-corrected chi connectivity index (χ3v) is 7.29. The van der Waals surface area contributed by atoms with Crippen LogP contribution in [0.4, 0.5) is 0 Å². The minimum atomic E-state index is -1.81. The first kappa shape index (κ1) is 28.2. The Morgan fingerprint density at radius 1 is 1.03 bits per heavy atom. The third-order valence-electron chi connectivity index (χ3n) is 6.32. The molecular formula is C29H35NO6S. The molecule has 3 rings (SSSR count). The molecule has 37 heavy (non-hydrogen) atoms. The Balaban J connectivity index is 1.69. The summed E-state index contributed by atoms with van der Waals surface area (Å²) in [5.41, 5.74) is 3.23. The Bertz CT molecular complexity index is 1210. The third kappa shape index (κ3) is 7.33. The number of amides is 1. The number of carbonyl (C=O) groups is 1. The monoisotopic (exact) mass is 525 g/mol. The Morgan fingerprint density at radius 2 is 1.73 bits per heavy atom. The Morgan fingerprint density at radius 3 is 2.38 bits per heavy atom. The molecule has 0 spiro atoms. The minimum absolute atomic E-state index is 0.0367. The number of ether oxygens (including phenoxy) is 2. The molecule has 2 atom stereocenters. The van der Waals surface area contributed by atoms with Crippen molar-refractivity contribution in [3.63, 3.8) is 0 Å². The molecule has 1 amide bonds. The second kappa shape index (κ2) is 13.8. The molecule has 8 heteroatoms. The molecule has 0 radical (unpaired) electrons. The van der Waals surface area contributed by atoms with Crippen molar-refractivity contribution in [2.24, 2.45) is 0 Å². The van der Waals surface area contributed by atoms with Crippen molar-refractivity contribution in [3.8, 4) is 17.2 Å². The van der Waals surface area contributed by atoms with Crippen LogP contribution in [-0.4, -0.2) is 36.0 Å². The van der Waals surface area contributed by atoms with Gasteiger partial charge in [0, 0.05) is 12.1 Å². The highest BCUT2D eigenvalue weighted by atomic mass is 32.2. The molecule has 198 valence electrons. The number of aliphatic hydroxyl groups excluding tert-OH is 1. The Labute approximate surface area is 221 Å². The van der Waals surface area contributed by atoms with Crippen molar-refractivity contribution in [2.45, 2.75) is 50.5 Å². The van der Waals surface area contributed by atoms with Gasteiger partial charge in [0.2, 0.25) is 17.0 Å². The lowest BCUT2D eigenvalue weighted by Crippen LogP contribution is -2.27. The summed E-state index contributed by atoms with van der Waals surface area (Å²) in [7, 11) is 3.14. The van der Waals surface area contributed by atoms with Crippen LogP contribution < -0.4 is 19.0 Å². The standard InChI is InChI=1S/C29H35NO6S/c1-5-20(2)24-17-21(11-13-26(24)34-3)15-16-30-28(32)18-22-12-14-27(35-4)29(25(22)19-31)36-37(33)23-9-7-6-8-10-23/h6-14,17,20,31H,5,15-16,18-19H2,1-4H3,(H,30,32). The van der Waals surface area contributed by atoms with Crippen LogP contribution in [0.3, 0.4) is 0 Å². The maximum atomic E-state index is 12.8. The van der Waals surface area contributed by atoms with Crippen LogP contribution in [0.25, 0.3) is 0 Å². The van der Waals surface area contributed by atoms with Crippen molar-refractivity contribution in [1.82, 2.24) is 5.32 Å². The molecule has 0 heterocycles. The summed E-state index contributed by atoms with van der Waals surface area (Å²) < 4.78 is 29.3. The number of methoxy groups -OCH3 is 2. The molecule has 0 fully saturated rings. The fourth-order valence-electron chi connectivity index (χ4n) is 4.02. The van der Waals surface area contributed by atoms with Gasteiger partial charge in [0.15, 0.2) is 11.5 Å². The van der Waals surface area contributed by atoms with Crippen LogP contribution >= 0.6 is 0 Å². The molecule has 3 aromatic carbocycles. The second-order valence-corrected chi connectivity index (χ2v) is 9.79. The minimum Gasteiger partial charge on any atom is -0.496 e. The van der Waals surface area contributed by atoms with Crippen molar-refractivity contribution in [3.05, 3.63) is 82.9 Å². The summed E-state index contributed by atoms with van der Waals surface area (Å²) in [6.07, 6.45) is 1.73. The normalized spacial score (nSPS) is 12.5. The summed E-state index contributed by atoms with van der Waals surface area (Å²) in [5, 5.41) is 13.1. The molecular weight excluding hydrogens is 490 g/mol. The summed E-state index contributed by atoms with van der Waals surface area (Å²) in [6, 6.07) is 18.2. The first-order valence-corrected chi connectivity index (χ1v) is 13.4. The number of rotatable bonds is 13. The number of carbonyl (C=O) groups excluding carboxylic acids is 1. The largest absolute Gasteiger partial charge is 0.496 e. The molecule has 0 aliphatic heterocycles. The SMILES string of the molecule is CCC(C)c1cc(CCNC(=O)Cc2ccc(OC)c(OS(=O)c3ccccc3)c2CO)ccc1OC. The Kier molecular flexibility index (Phi) is 10.5. The average molecular weight is 526 g/mol. The summed E-state index contributed by atoms with van der Waals surface area (Å²) in [5.74, 6) is 1.56. The lowest BCUT2D eigenvalue weighted by atomic mass is 9.95. The van der Waals surface area contributed by atoms with Gasteiger partial charge < -0.3 is 24.1 Å². The number of aliphatic hydroxyl groups is 1. The lowest BCUT2D eigenvalue weighted by Gasteiger charge is -2.17. The van der Waals surface area contributed by atoms with Crippen molar-refractivity contribution < 1.29 is 27.8 Å². The fourth-order valence-corrected chi connectivity index (χ4v) is 4.83. The molecule has 0 aliphatic rings. The molecule has 2 unspecified atom stereocenters. The zero-order chi connectivity index (χ0) is 26.8. The molecule has 0 saturated carbocycles. The van der Waals surface area contributed by atoms with Crippen LogP contribution in [0.5, 0.6) is 17.2 Å². The topological polar surface area (TPSA) is 94.1 Å². The van der Waals surface area contributed by atoms with E-state index in [1.54, 1.807) is 43.5 Å². The maximum absolute atomic E-state index is 12.8. The van der Waals surface area contributed by atoms with Crippen LogP contribution in [-0.2, 0) is 35.3 Å². The van der Waals surface area contributed by atoms with E-state index in [1.165, 1.54) is 12.7 Å². The summed E-state index contributed by atoms with van der Waals surface area (Å²) in [4.78, 5) is 13.2. The van der Waals surface area contributed by atoms with Crippen molar-refractivity contribution in [2.75, 3.05) is 20.8 Å².